The van der Waals surface area contributed by atoms with E-state index in [1.165, 1.54) is 6.07 Å². The summed E-state index contributed by atoms with van der Waals surface area (Å²) in [5.74, 6) is -1.90. The summed E-state index contributed by atoms with van der Waals surface area (Å²) in [6.45, 7) is 2.03. The van der Waals surface area contributed by atoms with Gasteiger partial charge < -0.3 is 15.5 Å². The molecule has 0 aliphatic carbocycles. The topological polar surface area (TPSA) is 66.6 Å². The van der Waals surface area contributed by atoms with E-state index in [-0.39, 0.29) is 12.3 Å². The SMILES string of the molecule is NC(CC(=O)N1CCN(C=O)CC1)Cc1ccc(F)c(F)c1. The van der Waals surface area contributed by atoms with Crippen molar-refractivity contribution in [3.05, 3.63) is 35.4 Å². The number of benzene rings is 1. The molecule has 1 aromatic rings. The second-order valence-electron chi connectivity index (χ2n) is 5.44. The molecule has 0 bridgehead atoms. The Kier molecular flexibility index (Phi) is 5.43. The number of piperazine rings is 1. The Morgan fingerprint density at radius 3 is 2.50 bits per heavy atom. The third kappa shape index (κ3) is 4.24. The highest BCUT2D eigenvalue weighted by molar-refractivity contribution is 5.77. The normalized spacial score (nSPS) is 16.5. The summed E-state index contributed by atoms with van der Waals surface area (Å²) >= 11 is 0. The number of rotatable bonds is 5. The van der Waals surface area contributed by atoms with E-state index < -0.39 is 17.7 Å². The van der Waals surface area contributed by atoms with Gasteiger partial charge in [-0.3, -0.25) is 9.59 Å². The monoisotopic (exact) mass is 311 g/mol. The van der Waals surface area contributed by atoms with Crippen LogP contribution in [0.25, 0.3) is 0 Å². The van der Waals surface area contributed by atoms with Crippen molar-refractivity contribution in [3.8, 4) is 0 Å². The summed E-state index contributed by atoms with van der Waals surface area (Å²) in [7, 11) is 0. The minimum atomic E-state index is -0.916. The van der Waals surface area contributed by atoms with Crippen LogP contribution in [0.15, 0.2) is 18.2 Å². The summed E-state index contributed by atoms with van der Waals surface area (Å²) in [6, 6.07) is 3.16. The maximum atomic E-state index is 13.1. The quantitative estimate of drug-likeness (QED) is 0.807. The highest BCUT2D eigenvalue weighted by Gasteiger charge is 2.22. The van der Waals surface area contributed by atoms with Crippen molar-refractivity contribution in [1.82, 2.24) is 9.80 Å². The number of carbonyl (C=O) groups excluding carboxylic acids is 2. The number of halogens is 2. The van der Waals surface area contributed by atoms with Gasteiger partial charge in [0.2, 0.25) is 12.3 Å². The molecule has 1 aromatic carbocycles. The lowest BCUT2D eigenvalue weighted by atomic mass is 10.0. The van der Waals surface area contributed by atoms with Crippen LogP contribution in [0.3, 0.4) is 0 Å². The molecule has 2 amide bonds. The fraction of sp³-hybridized carbons (Fsp3) is 0.467. The zero-order valence-electron chi connectivity index (χ0n) is 12.2. The van der Waals surface area contributed by atoms with Gasteiger partial charge in [-0.1, -0.05) is 6.07 Å². The van der Waals surface area contributed by atoms with Crippen molar-refractivity contribution in [2.45, 2.75) is 18.9 Å². The molecule has 0 spiro atoms. The molecular weight excluding hydrogens is 292 g/mol. The van der Waals surface area contributed by atoms with Gasteiger partial charge in [-0.25, -0.2) is 8.78 Å². The van der Waals surface area contributed by atoms with Crippen LogP contribution in [-0.4, -0.2) is 54.3 Å². The lowest BCUT2D eigenvalue weighted by Gasteiger charge is -2.33. The van der Waals surface area contributed by atoms with Gasteiger partial charge in [0.25, 0.3) is 0 Å². The highest BCUT2D eigenvalue weighted by Crippen LogP contribution is 2.12. The molecule has 1 heterocycles. The van der Waals surface area contributed by atoms with E-state index in [9.17, 15) is 18.4 Å². The molecule has 2 N–H and O–H groups in total. The Morgan fingerprint density at radius 2 is 1.91 bits per heavy atom. The standard InChI is InChI=1S/C15H19F2N3O2/c16-13-2-1-11(8-14(13)17)7-12(18)9-15(22)20-5-3-19(10-21)4-6-20/h1-2,8,10,12H,3-7,9,18H2. The van der Waals surface area contributed by atoms with Crippen LogP contribution in [0.5, 0.6) is 0 Å². The minimum absolute atomic E-state index is 0.0827. The van der Waals surface area contributed by atoms with Crippen molar-refractivity contribution in [3.63, 3.8) is 0 Å². The third-order valence-corrected chi connectivity index (χ3v) is 3.73. The summed E-state index contributed by atoms with van der Waals surface area (Å²) in [5, 5.41) is 0. The summed E-state index contributed by atoms with van der Waals surface area (Å²) in [4.78, 5) is 26.0. The molecule has 1 fully saturated rings. The Balaban J connectivity index is 1.83. The number of hydrogen-bond acceptors (Lipinski definition) is 3. The molecule has 0 saturated carbocycles. The lowest BCUT2D eigenvalue weighted by molar-refractivity contribution is -0.135. The predicted octanol–water partition coefficient (Wildman–Crippen LogP) is 0.525. The minimum Gasteiger partial charge on any atom is -0.342 e. The largest absolute Gasteiger partial charge is 0.342 e. The second kappa shape index (κ2) is 7.31. The maximum Gasteiger partial charge on any atom is 0.224 e. The molecule has 5 nitrogen and oxygen atoms in total. The Bertz CT molecular complexity index is 546. The summed E-state index contributed by atoms with van der Waals surface area (Å²) in [6.07, 6.45) is 1.22. The molecule has 7 heteroatoms. The van der Waals surface area contributed by atoms with E-state index in [4.69, 9.17) is 5.73 Å². The molecule has 120 valence electrons. The number of nitrogens with zero attached hydrogens (tertiary/aromatic N) is 2. The number of carbonyl (C=O) groups is 2. The van der Waals surface area contributed by atoms with E-state index >= 15 is 0 Å². The molecular formula is C15H19F2N3O2. The predicted molar refractivity (Wildman–Crippen MR) is 76.9 cm³/mol. The van der Waals surface area contributed by atoms with E-state index in [0.29, 0.717) is 38.2 Å². The van der Waals surface area contributed by atoms with Gasteiger partial charge in [-0.05, 0) is 24.1 Å². The number of hydrogen-bond donors (Lipinski definition) is 1. The van der Waals surface area contributed by atoms with Crippen LogP contribution in [-0.2, 0) is 16.0 Å². The van der Waals surface area contributed by atoms with Crippen molar-refractivity contribution in [2.75, 3.05) is 26.2 Å². The smallest absolute Gasteiger partial charge is 0.224 e. The first-order valence-corrected chi connectivity index (χ1v) is 7.16. The third-order valence-electron chi connectivity index (χ3n) is 3.73. The lowest BCUT2D eigenvalue weighted by Crippen LogP contribution is -2.49. The van der Waals surface area contributed by atoms with Gasteiger partial charge in [0.15, 0.2) is 11.6 Å². The van der Waals surface area contributed by atoms with Crippen LogP contribution in [0.4, 0.5) is 8.78 Å². The van der Waals surface area contributed by atoms with Crippen LogP contribution >= 0.6 is 0 Å². The highest BCUT2D eigenvalue weighted by atomic mass is 19.2. The number of amides is 2. The fourth-order valence-electron chi connectivity index (χ4n) is 2.47. The molecule has 1 unspecified atom stereocenters. The van der Waals surface area contributed by atoms with Crippen LogP contribution in [0.2, 0.25) is 0 Å². The van der Waals surface area contributed by atoms with E-state index in [2.05, 4.69) is 0 Å². The first kappa shape index (κ1) is 16.4. The zero-order valence-corrected chi connectivity index (χ0v) is 12.2. The van der Waals surface area contributed by atoms with E-state index in [0.717, 1.165) is 18.5 Å². The van der Waals surface area contributed by atoms with Gasteiger partial charge in [0.1, 0.15) is 0 Å². The second-order valence-corrected chi connectivity index (χ2v) is 5.44. The van der Waals surface area contributed by atoms with Gasteiger partial charge in [0.05, 0.1) is 0 Å². The van der Waals surface area contributed by atoms with Gasteiger partial charge in [0, 0.05) is 38.6 Å². The number of nitrogens with two attached hydrogens (primary N) is 1. The Labute approximate surface area is 127 Å². The van der Waals surface area contributed by atoms with Crippen molar-refractivity contribution in [1.29, 1.82) is 0 Å². The average Bonchev–Trinajstić information content (AvgIpc) is 2.51. The van der Waals surface area contributed by atoms with Crippen LogP contribution in [0, 0.1) is 11.6 Å². The van der Waals surface area contributed by atoms with Gasteiger partial charge in [-0.15, -0.1) is 0 Å². The average molecular weight is 311 g/mol. The van der Waals surface area contributed by atoms with Gasteiger partial charge >= 0.3 is 0 Å². The van der Waals surface area contributed by atoms with Gasteiger partial charge in [-0.2, -0.15) is 0 Å². The van der Waals surface area contributed by atoms with E-state index in [1.807, 2.05) is 0 Å². The summed E-state index contributed by atoms with van der Waals surface area (Å²) < 4.78 is 26.0. The van der Waals surface area contributed by atoms with Crippen LogP contribution < -0.4 is 5.73 Å². The van der Waals surface area contributed by atoms with Crippen molar-refractivity contribution < 1.29 is 18.4 Å². The molecule has 1 atom stereocenters. The van der Waals surface area contributed by atoms with E-state index in [1.54, 1.807) is 9.80 Å². The fourth-order valence-corrected chi connectivity index (χ4v) is 2.47. The Hall–Kier alpha value is -2.02. The Morgan fingerprint density at radius 1 is 1.23 bits per heavy atom. The van der Waals surface area contributed by atoms with Crippen LogP contribution in [0.1, 0.15) is 12.0 Å². The molecule has 0 radical (unpaired) electrons. The first-order valence-electron chi connectivity index (χ1n) is 7.16. The molecule has 1 saturated heterocycles. The molecule has 2 rings (SSSR count). The summed E-state index contributed by atoms with van der Waals surface area (Å²) in [5.41, 5.74) is 6.48. The zero-order chi connectivity index (χ0) is 16.1. The molecule has 0 aromatic heterocycles. The maximum absolute atomic E-state index is 13.1. The molecule has 1 aliphatic rings. The van der Waals surface area contributed by atoms with Crippen molar-refractivity contribution in [2.24, 2.45) is 5.73 Å². The molecule has 22 heavy (non-hydrogen) atoms. The molecule has 1 aliphatic heterocycles. The van der Waals surface area contributed by atoms with Crippen molar-refractivity contribution >= 4 is 12.3 Å². The first-order chi connectivity index (χ1) is 10.5.